The van der Waals surface area contributed by atoms with Crippen LogP contribution in [0.1, 0.15) is 18.6 Å². The van der Waals surface area contributed by atoms with Gasteiger partial charge in [-0.15, -0.1) is 0 Å². The van der Waals surface area contributed by atoms with Crippen LogP contribution >= 0.6 is 11.3 Å². The summed E-state index contributed by atoms with van der Waals surface area (Å²) in [7, 11) is 0. The lowest BCUT2D eigenvalue weighted by molar-refractivity contribution is -0.389. The number of anilines is 1. The third-order valence-corrected chi connectivity index (χ3v) is 4.16. The monoisotopic (exact) mass is 305 g/mol. The molecule has 0 spiro atoms. The molecule has 0 amide bonds. The highest BCUT2D eigenvalue weighted by molar-refractivity contribution is 7.07. The number of nitrogens with zero attached hydrogens (tertiary/aromatic N) is 3. The summed E-state index contributed by atoms with van der Waals surface area (Å²) in [6.07, 6.45) is 1.68. The lowest BCUT2D eigenvalue weighted by atomic mass is 10.1. The minimum atomic E-state index is -0.486. The van der Waals surface area contributed by atoms with Crippen LogP contribution in [0.15, 0.2) is 35.2 Å². The second-order valence-electron chi connectivity index (χ2n) is 5.03. The van der Waals surface area contributed by atoms with Crippen LogP contribution in [-0.2, 0) is 4.74 Å². The zero-order valence-corrected chi connectivity index (χ0v) is 12.3. The molecule has 0 aliphatic carbocycles. The molecule has 0 N–H and O–H groups in total. The van der Waals surface area contributed by atoms with Gasteiger partial charge in [-0.25, -0.2) is 0 Å². The van der Waals surface area contributed by atoms with Gasteiger partial charge >= 0.3 is 5.82 Å². The first-order valence-corrected chi connectivity index (χ1v) is 7.60. The normalized spacial score (nSPS) is 22.2. The lowest BCUT2D eigenvalue weighted by Gasteiger charge is -2.37. The number of hydrogen-bond donors (Lipinski definition) is 0. The number of aromatic nitrogens is 1. The third-order valence-electron chi connectivity index (χ3n) is 3.46. The maximum absolute atomic E-state index is 10.7. The van der Waals surface area contributed by atoms with Crippen LogP contribution in [0, 0.1) is 10.1 Å². The van der Waals surface area contributed by atoms with Crippen molar-refractivity contribution in [2.45, 2.75) is 19.1 Å². The Morgan fingerprint density at radius 2 is 2.29 bits per heavy atom. The van der Waals surface area contributed by atoms with Crippen molar-refractivity contribution in [1.82, 2.24) is 4.98 Å². The second-order valence-corrected chi connectivity index (χ2v) is 5.81. The van der Waals surface area contributed by atoms with Gasteiger partial charge in [-0.05, 0) is 45.3 Å². The second kappa shape index (κ2) is 5.79. The summed E-state index contributed by atoms with van der Waals surface area (Å²) >= 11 is 1.65. The van der Waals surface area contributed by atoms with Gasteiger partial charge in [-0.3, -0.25) is 0 Å². The minimum Gasteiger partial charge on any atom is -0.367 e. The van der Waals surface area contributed by atoms with Gasteiger partial charge in [0.2, 0.25) is 0 Å². The predicted octanol–water partition coefficient (Wildman–Crippen LogP) is 3.02. The van der Waals surface area contributed by atoms with Gasteiger partial charge in [0.05, 0.1) is 11.8 Å². The molecule has 1 saturated heterocycles. The van der Waals surface area contributed by atoms with Crippen molar-refractivity contribution in [3.05, 3.63) is 50.8 Å². The summed E-state index contributed by atoms with van der Waals surface area (Å²) in [5, 5.41) is 14.8. The summed E-state index contributed by atoms with van der Waals surface area (Å²) in [6, 6.07) is 5.25. The number of rotatable bonds is 3. The first kappa shape index (κ1) is 14.0. The van der Waals surface area contributed by atoms with Crippen LogP contribution in [0.25, 0.3) is 0 Å². The molecule has 0 aromatic carbocycles. The van der Waals surface area contributed by atoms with E-state index in [0.717, 1.165) is 18.8 Å². The van der Waals surface area contributed by atoms with E-state index in [2.05, 4.69) is 21.3 Å². The number of nitro groups is 1. The number of morpholine rings is 1. The average molecular weight is 305 g/mol. The van der Waals surface area contributed by atoms with Crippen molar-refractivity contribution in [2.75, 3.05) is 18.0 Å². The van der Waals surface area contributed by atoms with Gasteiger partial charge in [-0.1, -0.05) is 0 Å². The van der Waals surface area contributed by atoms with Crippen LogP contribution in [0.2, 0.25) is 0 Å². The van der Waals surface area contributed by atoms with Crippen molar-refractivity contribution >= 4 is 22.8 Å². The van der Waals surface area contributed by atoms with Gasteiger partial charge in [0, 0.05) is 19.2 Å². The van der Waals surface area contributed by atoms with E-state index in [0.29, 0.717) is 0 Å². The largest absolute Gasteiger partial charge is 0.367 e. The molecule has 3 heterocycles. The minimum absolute atomic E-state index is 0.0233. The van der Waals surface area contributed by atoms with Gasteiger partial charge in [0.25, 0.3) is 0 Å². The Kier molecular flexibility index (Phi) is 3.85. The molecular formula is C14H15N3O3S. The number of hydrogen-bond acceptors (Lipinski definition) is 6. The summed E-state index contributed by atoms with van der Waals surface area (Å²) < 4.78 is 5.98. The van der Waals surface area contributed by atoms with Gasteiger partial charge in [0.1, 0.15) is 6.10 Å². The zero-order valence-electron chi connectivity index (χ0n) is 11.5. The Hall–Kier alpha value is -1.99. The molecule has 110 valence electrons. The average Bonchev–Trinajstić information content (AvgIpc) is 3.01. The highest BCUT2D eigenvalue weighted by Gasteiger charge is 2.27. The van der Waals surface area contributed by atoms with E-state index in [-0.39, 0.29) is 18.0 Å². The Bertz CT molecular complexity index is 615. The van der Waals surface area contributed by atoms with Crippen molar-refractivity contribution < 1.29 is 9.66 Å². The van der Waals surface area contributed by atoms with Crippen LogP contribution in [0.3, 0.4) is 0 Å². The topological polar surface area (TPSA) is 68.5 Å². The maximum atomic E-state index is 10.7. The third kappa shape index (κ3) is 3.03. The Morgan fingerprint density at radius 3 is 2.90 bits per heavy atom. The molecule has 3 rings (SSSR count). The summed E-state index contributed by atoms with van der Waals surface area (Å²) in [6.45, 7) is 3.50. The molecule has 6 nitrogen and oxygen atoms in total. The molecule has 2 aromatic heterocycles. The molecule has 7 heteroatoms. The zero-order chi connectivity index (χ0) is 14.8. The quantitative estimate of drug-likeness (QED) is 0.644. The fraction of sp³-hybridized carbons (Fsp3) is 0.357. The highest BCUT2D eigenvalue weighted by Crippen LogP contribution is 2.29. The predicted molar refractivity (Wildman–Crippen MR) is 80.7 cm³/mol. The smallest absolute Gasteiger partial charge is 0.363 e. The summed E-state index contributed by atoms with van der Waals surface area (Å²) in [5.41, 5.74) is 2.06. The molecule has 21 heavy (non-hydrogen) atoms. The van der Waals surface area contributed by atoms with Crippen LogP contribution in [0.4, 0.5) is 11.5 Å². The summed E-state index contributed by atoms with van der Waals surface area (Å²) in [5.74, 6) is -0.130. The molecule has 1 aliphatic heterocycles. The fourth-order valence-corrected chi connectivity index (χ4v) is 3.18. The Morgan fingerprint density at radius 1 is 1.43 bits per heavy atom. The van der Waals surface area contributed by atoms with Crippen molar-refractivity contribution in [3.8, 4) is 0 Å². The van der Waals surface area contributed by atoms with Crippen molar-refractivity contribution in [2.24, 2.45) is 0 Å². The van der Waals surface area contributed by atoms with E-state index in [1.165, 1.54) is 11.6 Å². The van der Waals surface area contributed by atoms with E-state index < -0.39 is 4.92 Å². The van der Waals surface area contributed by atoms with Crippen LogP contribution in [0.5, 0.6) is 0 Å². The first-order chi connectivity index (χ1) is 10.1. The van der Waals surface area contributed by atoms with E-state index in [1.807, 2.05) is 12.3 Å². The highest BCUT2D eigenvalue weighted by atomic mass is 32.1. The van der Waals surface area contributed by atoms with Gasteiger partial charge < -0.3 is 19.8 Å². The maximum Gasteiger partial charge on any atom is 0.363 e. The molecule has 1 aliphatic rings. The van der Waals surface area contributed by atoms with Gasteiger partial charge in [0.15, 0.2) is 6.20 Å². The van der Waals surface area contributed by atoms with Crippen molar-refractivity contribution in [3.63, 3.8) is 0 Å². The summed E-state index contributed by atoms with van der Waals surface area (Å²) in [4.78, 5) is 16.2. The van der Waals surface area contributed by atoms with Gasteiger partial charge in [-0.2, -0.15) is 11.3 Å². The molecule has 0 saturated carbocycles. The molecule has 0 unspecified atom stereocenters. The molecule has 0 bridgehead atoms. The van der Waals surface area contributed by atoms with E-state index >= 15 is 0 Å². The number of thiophene rings is 1. The molecular weight excluding hydrogens is 290 g/mol. The van der Waals surface area contributed by atoms with Crippen LogP contribution < -0.4 is 4.90 Å². The SMILES string of the molecule is C[C@H]1CN(c2ccc([N+](=O)[O-])nc2)C[C@H](c2ccsc2)O1. The van der Waals surface area contributed by atoms with Crippen molar-refractivity contribution in [1.29, 1.82) is 0 Å². The van der Waals surface area contributed by atoms with Crippen LogP contribution in [-0.4, -0.2) is 29.1 Å². The lowest BCUT2D eigenvalue weighted by Crippen LogP contribution is -2.42. The molecule has 1 fully saturated rings. The first-order valence-electron chi connectivity index (χ1n) is 6.66. The van der Waals surface area contributed by atoms with E-state index in [1.54, 1.807) is 23.6 Å². The Balaban J connectivity index is 1.79. The van der Waals surface area contributed by atoms with E-state index in [4.69, 9.17) is 4.74 Å². The molecule has 2 atom stereocenters. The fourth-order valence-electron chi connectivity index (χ4n) is 2.48. The molecule has 2 aromatic rings. The Labute approximate surface area is 126 Å². The number of ether oxygens (including phenoxy) is 1. The standard InChI is InChI=1S/C14H15N3O3S/c1-10-7-16(8-13(20-10)11-4-5-21-9-11)12-2-3-14(15-6-12)17(18)19/h2-6,9-10,13H,7-8H2,1H3/t10-,13+/m0/s1. The molecule has 0 radical (unpaired) electrons. The number of pyridine rings is 1. The van der Waals surface area contributed by atoms with E-state index in [9.17, 15) is 10.1 Å².